The number of carbonyl (C=O) groups is 3. The van der Waals surface area contributed by atoms with E-state index in [9.17, 15) is 24.6 Å². The number of carboxylic acids is 1. The predicted molar refractivity (Wildman–Crippen MR) is 205 cm³/mol. The number of benzene rings is 2. The number of hydrogen-bond acceptors (Lipinski definition) is 4. The number of aliphatic hydroxyl groups is 1. The van der Waals surface area contributed by atoms with Crippen molar-refractivity contribution in [1.29, 1.82) is 0 Å². The lowest BCUT2D eigenvalue weighted by molar-refractivity contribution is -0.246. The number of fused-ring (bicyclic) bond motifs is 7. The first-order valence-electron chi connectivity index (χ1n) is 19.8. The van der Waals surface area contributed by atoms with E-state index < -0.39 is 11.4 Å². The Morgan fingerprint density at radius 3 is 2.27 bits per heavy atom. The highest BCUT2D eigenvalue weighted by Gasteiger charge is 2.71. The fourth-order valence-electron chi connectivity index (χ4n) is 13.6. The maximum Gasteiger partial charge on any atom is 0.335 e. The summed E-state index contributed by atoms with van der Waals surface area (Å²) in [6.45, 7) is 19.4. The third kappa shape index (κ3) is 5.50. The van der Waals surface area contributed by atoms with E-state index in [1.807, 2.05) is 12.1 Å². The van der Waals surface area contributed by atoms with Crippen molar-refractivity contribution in [1.82, 2.24) is 5.32 Å². The van der Waals surface area contributed by atoms with Crippen LogP contribution in [0, 0.1) is 56.7 Å². The lowest BCUT2D eigenvalue weighted by atomic mass is 9.32. The molecule has 2 aromatic rings. The second-order valence-corrected chi connectivity index (χ2v) is 18.9. The van der Waals surface area contributed by atoms with Crippen molar-refractivity contribution in [2.45, 2.75) is 118 Å². The molecule has 280 valence electrons. The van der Waals surface area contributed by atoms with Crippen LogP contribution in [0.25, 0.3) is 0 Å². The first-order valence-corrected chi connectivity index (χ1v) is 19.8. The van der Waals surface area contributed by atoms with Gasteiger partial charge in [-0.2, -0.15) is 0 Å². The van der Waals surface area contributed by atoms with Crippen LogP contribution in [0.4, 0.5) is 5.69 Å². The fourth-order valence-corrected chi connectivity index (χ4v) is 13.6. The molecule has 7 rings (SSSR count). The van der Waals surface area contributed by atoms with Crippen molar-refractivity contribution < 1.29 is 24.6 Å². The van der Waals surface area contributed by atoms with Gasteiger partial charge in [-0.3, -0.25) is 9.59 Å². The maximum atomic E-state index is 14.7. The van der Waals surface area contributed by atoms with Gasteiger partial charge in [-0.1, -0.05) is 65.0 Å². The van der Waals surface area contributed by atoms with Gasteiger partial charge < -0.3 is 20.8 Å². The Morgan fingerprint density at radius 2 is 1.54 bits per heavy atom. The number of allylic oxidation sites excluding steroid dienone is 1. The standard InChI is InChI=1S/C45H60N2O5/c1-27(2)32-16-21-45(40(52)46-26-28-10-8-11-29(24-28)38(49)47-31-13-9-12-30(25-31)39(50)51)23-22-43(6)33(37(32)45)14-15-35-42(5)19-18-36(48)41(3,4)34(42)17-20-44(35,43)7/h8-13,24-25,32-37,48H,1,14-23,26H2,2-7H3,(H,46,52)(H,47,49)(H,50,51)/t32-,33?,34?,35?,36-,37?,42-,43+,44+,45-/m0/s1. The Hall–Kier alpha value is -3.45. The molecule has 7 nitrogen and oxygen atoms in total. The molecule has 5 aliphatic rings. The van der Waals surface area contributed by atoms with Crippen LogP contribution in [0.5, 0.6) is 0 Å². The minimum atomic E-state index is -1.05. The van der Waals surface area contributed by atoms with E-state index in [1.165, 1.54) is 37.0 Å². The van der Waals surface area contributed by atoms with E-state index in [1.54, 1.807) is 24.3 Å². The zero-order valence-corrected chi connectivity index (χ0v) is 32.2. The molecular weight excluding hydrogens is 649 g/mol. The molecule has 0 spiro atoms. The number of aromatic carboxylic acids is 1. The fraction of sp³-hybridized carbons (Fsp3) is 0.622. The molecule has 7 heteroatoms. The lowest BCUT2D eigenvalue weighted by Crippen LogP contribution is -2.67. The Balaban J connectivity index is 1.11. The number of aliphatic hydroxyl groups excluding tert-OH is 1. The summed E-state index contributed by atoms with van der Waals surface area (Å²) in [5.41, 5.74) is 3.05. The van der Waals surface area contributed by atoms with E-state index in [-0.39, 0.29) is 51.1 Å². The Labute approximate surface area is 310 Å². The summed E-state index contributed by atoms with van der Waals surface area (Å²) in [7, 11) is 0. The van der Waals surface area contributed by atoms with Crippen LogP contribution < -0.4 is 10.6 Å². The predicted octanol–water partition coefficient (Wildman–Crippen LogP) is 9.27. The molecule has 5 fully saturated rings. The Bertz CT molecular complexity index is 1780. The van der Waals surface area contributed by atoms with Gasteiger partial charge in [-0.15, -0.1) is 0 Å². The van der Waals surface area contributed by atoms with Gasteiger partial charge in [0.1, 0.15) is 0 Å². The van der Waals surface area contributed by atoms with E-state index in [0.29, 0.717) is 41.5 Å². The second kappa shape index (κ2) is 12.8. The number of nitrogens with one attached hydrogen (secondary N) is 2. The summed E-state index contributed by atoms with van der Waals surface area (Å²) in [4.78, 5) is 39.2. The highest BCUT2D eigenvalue weighted by Crippen LogP contribution is 2.77. The summed E-state index contributed by atoms with van der Waals surface area (Å²) in [5, 5.41) is 26.6. The minimum absolute atomic E-state index is 0.0698. The second-order valence-electron chi connectivity index (χ2n) is 18.9. The largest absolute Gasteiger partial charge is 0.478 e. The molecule has 0 aromatic heterocycles. The molecule has 4 unspecified atom stereocenters. The van der Waals surface area contributed by atoms with Gasteiger partial charge in [0.25, 0.3) is 5.91 Å². The van der Waals surface area contributed by atoms with Crippen LogP contribution in [0.1, 0.15) is 132 Å². The average Bonchev–Trinajstić information content (AvgIpc) is 3.51. The normalized spacial score (nSPS) is 38.8. The maximum absolute atomic E-state index is 14.7. The molecule has 52 heavy (non-hydrogen) atoms. The molecule has 0 bridgehead atoms. The number of hydrogen-bond donors (Lipinski definition) is 4. The Morgan fingerprint density at radius 1 is 0.808 bits per heavy atom. The minimum Gasteiger partial charge on any atom is -0.478 e. The third-order valence-corrected chi connectivity index (χ3v) is 16.5. The molecule has 0 saturated heterocycles. The third-order valence-electron chi connectivity index (χ3n) is 16.5. The molecule has 0 heterocycles. The zero-order valence-electron chi connectivity index (χ0n) is 32.2. The summed E-state index contributed by atoms with van der Waals surface area (Å²) in [5.74, 6) is 0.944. The quantitative estimate of drug-likeness (QED) is 0.214. The molecule has 0 radical (unpaired) electrons. The van der Waals surface area contributed by atoms with Crippen LogP contribution in [0.15, 0.2) is 60.7 Å². The van der Waals surface area contributed by atoms with Crippen molar-refractivity contribution in [3.63, 3.8) is 0 Å². The van der Waals surface area contributed by atoms with E-state index in [0.717, 1.165) is 50.5 Å². The van der Waals surface area contributed by atoms with Crippen molar-refractivity contribution >= 4 is 23.5 Å². The van der Waals surface area contributed by atoms with Gasteiger partial charge in [0.15, 0.2) is 0 Å². The number of rotatable bonds is 7. The van der Waals surface area contributed by atoms with Gasteiger partial charge in [-0.05, 0) is 158 Å². The molecule has 2 amide bonds. The van der Waals surface area contributed by atoms with Gasteiger partial charge in [0.05, 0.1) is 17.1 Å². The zero-order chi connectivity index (χ0) is 37.4. The number of carbonyl (C=O) groups excluding carboxylic acids is 2. The molecule has 2 aromatic carbocycles. The van der Waals surface area contributed by atoms with E-state index >= 15 is 0 Å². The lowest BCUT2D eigenvalue weighted by Gasteiger charge is -2.72. The van der Waals surface area contributed by atoms with Crippen molar-refractivity contribution in [2.24, 2.45) is 56.7 Å². The van der Waals surface area contributed by atoms with Gasteiger partial charge >= 0.3 is 5.97 Å². The van der Waals surface area contributed by atoms with Crippen molar-refractivity contribution in [2.75, 3.05) is 5.32 Å². The Kier molecular flexibility index (Phi) is 9.11. The van der Waals surface area contributed by atoms with Crippen molar-refractivity contribution in [3.05, 3.63) is 77.4 Å². The van der Waals surface area contributed by atoms with Crippen molar-refractivity contribution in [3.8, 4) is 0 Å². The van der Waals surface area contributed by atoms with Gasteiger partial charge in [0.2, 0.25) is 5.91 Å². The highest BCUT2D eigenvalue weighted by atomic mass is 16.4. The van der Waals surface area contributed by atoms with Crippen LogP contribution in [-0.2, 0) is 11.3 Å². The first-order chi connectivity index (χ1) is 24.5. The highest BCUT2D eigenvalue weighted by molar-refractivity contribution is 6.05. The molecule has 5 saturated carbocycles. The van der Waals surface area contributed by atoms with E-state index in [4.69, 9.17) is 0 Å². The molecule has 5 aliphatic carbocycles. The summed E-state index contributed by atoms with van der Waals surface area (Å²) < 4.78 is 0. The number of carboxylic acid groups (broad SMARTS) is 1. The molecule has 10 atom stereocenters. The topological polar surface area (TPSA) is 116 Å². The molecular formula is C45H60N2O5. The summed E-state index contributed by atoms with van der Waals surface area (Å²) in [6, 6.07) is 13.5. The van der Waals surface area contributed by atoms with Crippen LogP contribution >= 0.6 is 0 Å². The number of amides is 2. The number of anilines is 1. The van der Waals surface area contributed by atoms with Gasteiger partial charge in [0, 0.05) is 17.8 Å². The van der Waals surface area contributed by atoms with E-state index in [2.05, 4.69) is 58.8 Å². The average molecular weight is 709 g/mol. The molecule has 0 aliphatic heterocycles. The van der Waals surface area contributed by atoms with Crippen LogP contribution in [0.2, 0.25) is 0 Å². The van der Waals surface area contributed by atoms with Crippen LogP contribution in [-0.4, -0.2) is 34.1 Å². The molecule has 4 N–H and O–H groups in total. The smallest absolute Gasteiger partial charge is 0.335 e. The summed E-state index contributed by atoms with van der Waals surface area (Å²) >= 11 is 0. The SMILES string of the molecule is C=C(C)[C@@H]1CC[C@]2(C(=O)NCc3cccc(C(=O)Nc4cccc(C(=O)O)c4)c3)CC[C@]3(C)C(CCC4[C@@]5(C)CC[C@H](O)C(C)(C)C5CC[C@]43C)C12. The van der Waals surface area contributed by atoms with Gasteiger partial charge in [-0.25, -0.2) is 4.79 Å². The van der Waals surface area contributed by atoms with Crippen LogP contribution in [0.3, 0.4) is 0 Å². The monoisotopic (exact) mass is 708 g/mol. The first kappa shape index (κ1) is 36.9. The summed E-state index contributed by atoms with van der Waals surface area (Å²) in [6.07, 6.45) is 10.3.